The molecule has 0 bridgehead atoms. The van der Waals surface area contributed by atoms with Crippen molar-refractivity contribution in [3.8, 4) is 0 Å². The summed E-state index contributed by atoms with van der Waals surface area (Å²) in [6.07, 6.45) is 2.43. The molecule has 0 saturated carbocycles. The number of nitrogens with one attached hydrogen (secondary N) is 1. The van der Waals surface area contributed by atoms with E-state index >= 15 is 0 Å². The molecule has 2 aromatic carbocycles. The first kappa shape index (κ1) is 16.7. The monoisotopic (exact) mass is 327 g/mol. The first-order valence-electron chi connectivity index (χ1n) is 8.28. The molecule has 3 rings (SSSR count). The van der Waals surface area contributed by atoms with Gasteiger partial charge in [-0.3, -0.25) is 4.79 Å². The molecule has 3 nitrogen and oxygen atoms in total. The maximum absolute atomic E-state index is 13.0. The molecule has 0 aromatic heterocycles. The minimum Gasteiger partial charge on any atom is -0.384 e. The van der Waals surface area contributed by atoms with Crippen molar-refractivity contribution < 1.29 is 14.3 Å². The van der Waals surface area contributed by atoms with Gasteiger partial charge in [-0.15, -0.1) is 0 Å². The van der Waals surface area contributed by atoms with Crippen LogP contribution < -0.4 is 5.32 Å². The van der Waals surface area contributed by atoms with Crippen LogP contribution >= 0.6 is 0 Å². The van der Waals surface area contributed by atoms with Gasteiger partial charge in [0.25, 0.3) is 0 Å². The minimum atomic E-state index is -1.23. The average Bonchev–Trinajstić information content (AvgIpc) is 2.97. The molecule has 0 spiro atoms. The molecule has 1 aliphatic rings. The van der Waals surface area contributed by atoms with E-state index < -0.39 is 5.60 Å². The Bertz CT molecular complexity index is 725. The molecule has 1 aliphatic carbocycles. The van der Waals surface area contributed by atoms with E-state index in [4.69, 9.17) is 0 Å². The number of aryl methyl sites for hydroxylation is 1. The summed E-state index contributed by atoms with van der Waals surface area (Å²) in [6, 6.07) is 13.9. The normalized spacial score (nSPS) is 18.7. The van der Waals surface area contributed by atoms with Crippen LogP contribution in [-0.4, -0.2) is 17.6 Å². The van der Waals surface area contributed by atoms with Crippen LogP contribution in [0.5, 0.6) is 0 Å². The second-order valence-corrected chi connectivity index (χ2v) is 6.70. The number of fused-ring (bicyclic) bond motifs is 1. The third kappa shape index (κ3) is 3.65. The maximum Gasteiger partial charge on any atom is 0.220 e. The van der Waals surface area contributed by atoms with Crippen molar-refractivity contribution in [3.63, 3.8) is 0 Å². The lowest BCUT2D eigenvalue weighted by Crippen LogP contribution is -2.39. The van der Waals surface area contributed by atoms with Crippen molar-refractivity contribution in [1.82, 2.24) is 5.32 Å². The van der Waals surface area contributed by atoms with Gasteiger partial charge < -0.3 is 10.4 Å². The number of aliphatic hydroxyl groups is 1. The van der Waals surface area contributed by atoms with E-state index in [2.05, 4.69) is 17.4 Å². The Morgan fingerprint density at radius 1 is 1.25 bits per heavy atom. The zero-order valence-corrected chi connectivity index (χ0v) is 13.8. The molecule has 2 atom stereocenters. The molecule has 2 unspecified atom stereocenters. The Balaban J connectivity index is 1.57. The second kappa shape index (κ2) is 6.73. The van der Waals surface area contributed by atoms with Gasteiger partial charge in [0.15, 0.2) is 0 Å². The average molecular weight is 327 g/mol. The van der Waals surface area contributed by atoms with Crippen LogP contribution in [0.15, 0.2) is 48.5 Å². The van der Waals surface area contributed by atoms with Gasteiger partial charge in [0.1, 0.15) is 11.4 Å². The molecule has 4 heteroatoms. The first-order valence-corrected chi connectivity index (χ1v) is 8.28. The Hall–Kier alpha value is -2.20. The van der Waals surface area contributed by atoms with Gasteiger partial charge in [-0.05, 0) is 54.5 Å². The molecule has 2 aromatic rings. The molecule has 2 N–H and O–H groups in total. The summed E-state index contributed by atoms with van der Waals surface area (Å²) < 4.78 is 13.0. The van der Waals surface area contributed by atoms with Crippen molar-refractivity contribution in [2.24, 2.45) is 0 Å². The number of amides is 1. The molecular weight excluding hydrogens is 305 g/mol. The molecule has 24 heavy (non-hydrogen) atoms. The van der Waals surface area contributed by atoms with E-state index in [0.29, 0.717) is 12.0 Å². The van der Waals surface area contributed by atoms with Crippen LogP contribution in [0.4, 0.5) is 4.39 Å². The summed E-state index contributed by atoms with van der Waals surface area (Å²) in [7, 11) is 0. The van der Waals surface area contributed by atoms with E-state index in [0.717, 1.165) is 12.8 Å². The van der Waals surface area contributed by atoms with Gasteiger partial charge in [-0.1, -0.05) is 36.4 Å². The molecule has 0 saturated heterocycles. The lowest BCUT2D eigenvalue weighted by Gasteiger charge is -2.24. The highest BCUT2D eigenvalue weighted by Gasteiger charge is 2.27. The van der Waals surface area contributed by atoms with Gasteiger partial charge in [0.05, 0.1) is 6.54 Å². The fourth-order valence-corrected chi connectivity index (χ4v) is 3.34. The Labute approximate surface area is 141 Å². The largest absolute Gasteiger partial charge is 0.384 e. The van der Waals surface area contributed by atoms with E-state index in [9.17, 15) is 14.3 Å². The van der Waals surface area contributed by atoms with Gasteiger partial charge in [0.2, 0.25) is 5.91 Å². The van der Waals surface area contributed by atoms with Crippen molar-refractivity contribution in [3.05, 3.63) is 71.0 Å². The molecule has 126 valence electrons. The zero-order valence-electron chi connectivity index (χ0n) is 13.8. The Morgan fingerprint density at radius 2 is 1.96 bits per heavy atom. The molecule has 0 fully saturated rings. The summed E-state index contributed by atoms with van der Waals surface area (Å²) in [6.45, 7) is 1.72. The van der Waals surface area contributed by atoms with Crippen LogP contribution in [0.25, 0.3) is 0 Å². The quantitative estimate of drug-likeness (QED) is 0.885. The Morgan fingerprint density at radius 3 is 2.71 bits per heavy atom. The fraction of sp³-hybridized carbons (Fsp3) is 0.350. The standard InChI is InChI=1S/C20H22FNO2/c1-20(24,16-8-10-17(21)11-9-16)13-22-19(23)12-15-7-6-14-4-2-3-5-18(14)15/h2-5,8-11,15,24H,6-7,12-13H2,1H3,(H,22,23). The van der Waals surface area contributed by atoms with Crippen LogP contribution in [0.2, 0.25) is 0 Å². The topological polar surface area (TPSA) is 49.3 Å². The lowest BCUT2D eigenvalue weighted by atomic mass is 9.95. The summed E-state index contributed by atoms with van der Waals surface area (Å²) in [5.74, 6) is -0.172. The summed E-state index contributed by atoms with van der Waals surface area (Å²) in [5, 5.41) is 13.3. The Kier molecular flexibility index (Phi) is 4.67. The van der Waals surface area contributed by atoms with Crippen molar-refractivity contribution in [2.75, 3.05) is 6.54 Å². The van der Waals surface area contributed by atoms with E-state index in [-0.39, 0.29) is 24.2 Å². The highest BCUT2D eigenvalue weighted by atomic mass is 19.1. The van der Waals surface area contributed by atoms with Crippen LogP contribution in [0.3, 0.4) is 0 Å². The lowest BCUT2D eigenvalue weighted by molar-refractivity contribution is -0.122. The third-order valence-electron chi connectivity index (χ3n) is 4.78. The number of halogens is 1. The van der Waals surface area contributed by atoms with Gasteiger partial charge in [0, 0.05) is 6.42 Å². The second-order valence-electron chi connectivity index (χ2n) is 6.70. The van der Waals surface area contributed by atoms with E-state index in [1.165, 1.54) is 35.4 Å². The smallest absolute Gasteiger partial charge is 0.220 e. The SMILES string of the molecule is CC(O)(CNC(=O)CC1CCc2ccccc21)c1ccc(F)cc1. The minimum absolute atomic E-state index is 0.0703. The van der Waals surface area contributed by atoms with Gasteiger partial charge in [-0.25, -0.2) is 4.39 Å². The predicted molar refractivity (Wildman–Crippen MR) is 91.1 cm³/mol. The molecule has 0 heterocycles. The number of hydrogen-bond donors (Lipinski definition) is 2. The van der Waals surface area contributed by atoms with Crippen LogP contribution in [0.1, 0.15) is 42.4 Å². The molecular formula is C20H22FNO2. The number of benzene rings is 2. The molecule has 1 amide bonds. The predicted octanol–water partition coefficient (Wildman–Crippen LogP) is 3.27. The van der Waals surface area contributed by atoms with Crippen molar-refractivity contribution in [1.29, 1.82) is 0 Å². The number of carbonyl (C=O) groups is 1. The molecule has 0 radical (unpaired) electrons. The zero-order chi connectivity index (χ0) is 17.2. The summed E-state index contributed by atoms with van der Waals surface area (Å²) in [4.78, 5) is 12.3. The van der Waals surface area contributed by atoms with Crippen molar-refractivity contribution in [2.45, 2.75) is 37.7 Å². The maximum atomic E-state index is 13.0. The fourth-order valence-electron chi connectivity index (χ4n) is 3.34. The van der Waals surface area contributed by atoms with Crippen molar-refractivity contribution >= 4 is 5.91 Å². The number of hydrogen-bond acceptors (Lipinski definition) is 2. The van der Waals surface area contributed by atoms with Crippen LogP contribution in [0, 0.1) is 5.82 Å². The van der Waals surface area contributed by atoms with E-state index in [1.54, 1.807) is 6.92 Å². The first-order chi connectivity index (χ1) is 11.5. The number of rotatable bonds is 5. The van der Waals surface area contributed by atoms with Gasteiger partial charge >= 0.3 is 0 Å². The molecule has 0 aliphatic heterocycles. The highest BCUT2D eigenvalue weighted by molar-refractivity contribution is 5.77. The van der Waals surface area contributed by atoms with E-state index in [1.807, 2.05) is 12.1 Å². The summed E-state index contributed by atoms with van der Waals surface area (Å²) in [5.41, 5.74) is 1.94. The number of carbonyl (C=O) groups excluding carboxylic acids is 1. The van der Waals surface area contributed by atoms with Gasteiger partial charge in [-0.2, -0.15) is 0 Å². The highest BCUT2D eigenvalue weighted by Crippen LogP contribution is 2.35. The summed E-state index contributed by atoms with van der Waals surface area (Å²) >= 11 is 0. The third-order valence-corrected chi connectivity index (χ3v) is 4.78. The van der Waals surface area contributed by atoms with Crippen LogP contribution in [-0.2, 0) is 16.8 Å².